The summed E-state index contributed by atoms with van der Waals surface area (Å²) < 4.78 is 22.4. The molecule has 0 amide bonds. The van der Waals surface area contributed by atoms with Crippen molar-refractivity contribution in [2.24, 2.45) is 5.92 Å². The topological polar surface area (TPSA) is 53.1 Å². The standard InChI is InChI=1S/C25H36N2O4/c1-2-4-24(5-3-1)22-31-21-20-30-19-18-29-17-16-28-15-10-23-8-13-27(14-9-23)25-6-11-26-12-7-25/h1-7,11-12,23H,8-10,13-22H2. The Morgan fingerprint density at radius 1 is 0.710 bits per heavy atom. The highest BCUT2D eigenvalue weighted by atomic mass is 16.6. The monoisotopic (exact) mass is 428 g/mol. The lowest BCUT2D eigenvalue weighted by Crippen LogP contribution is -2.34. The summed E-state index contributed by atoms with van der Waals surface area (Å²) in [4.78, 5) is 6.54. The molecule has 0 spiro atoms. The fourth-order valence-corrected chi connectivity index (χ4v) is 3.71. The Hall–Kier alpha value is -1.99. The van der Waals surface area contributed by atoms with Gasteiger partial charge in [0, 0.05) is 37.8 Å². The number of aromatic nitrogens is 1. The molecule has 2 aromatic rings. The zero-order valence-corrected chi connectivity index (χ0v) is 18.5. The molecule has 3 rings (SSSR count). The summed E-state index contributed by atoms with van der Waals surface area (Å²) in [6.07, 6.45) is 7.33. The lowest BCUT2D eigenvalue weighted by molar-refractivity contribution is -0.00539. The normalized spacial score (nSPS) is 14.8. The van der Waals surface area contributed by atoms with E-state index in [0.717, 1.165) is 32.0 Å². The van der Waals surface area contributed by atoms with Crippen LogP contribution >= 0.6 is 0 Å². The molecule has 0 unspecified atom stereocenters. The Bertz CT molecular complexity index is 678. The molecule has 170 valence electrons. The first-order valence-electron chi connectivity index (χ1n) is 11.4. The van der Waals surface area contributed by atoms with E-state index >= 15 is 0 Å². The molecule has 2 heterocycles. The molecule has 0 aliphatic carbocycles. The van der Waals surface area contributed by atoms with E-state index in [9.17, 15) is 0 Å². The molecule has 0 atom stereocenters. The number of rotatable bonds is 15. The van der Waals surface area contributed by atoms with Crippen LogP contribution in [0.3, 0.4) is 0 Å². The molecule has 1 aromatic carbocycles. The van der Waals surface area contributed by atoms with Gasteiger partial charge in [0.15, 0.2) is 0 Å². The maximum atomic E-state index is 5.74. The van der Waals surface area contributed by atoms with Gasteiger partial charge in [0.2, 0.25) is 0 Å². The van der Waals surface area contributed by atoms with E-state index in [4.69, 9.17) is 18.9 Å². The molecule has 1 aliphatic heterocycles. The van der Waals surface area contributed by atoms with Crippen molar-refractivity contribution >= 4 is 5.69 Å². The van der Waals surface area contributed by atoms with Crippen LogP contribution in [0.15, 0.2) is 54.9 Å². The highest BCUT2D eigenvalue weighted by molar-refractivity contribution is 5.44. The van der Waals surface area contributed by atoms with Gasteiger partial charge < -0.3 is 23.8 Å². The molecule has 0 N–H and O–H groups in total. The van der Waals surface area contributed by atoms with Crippen molar-refractivity contribution in [2.75, 3.05) is 64.2 Å². The second kappa shape index (κ2) is 14.9. The molecule has 0 saturated carbocycles. The van der Waals surface area contributed by atoms with Crippen LogP contribution in [0.2, 0.25) is 0 Å². The number of hydrogen-bond acceptors (Lipinski definition) is 6. The van der Waals surface area contributed by atoms with E-state index in [1.54, 1.807) is 0 Å². The average Bonchev–Trinajstić information content (AvgIpc) is 2.83. The largest absolute Gasteiger partial charge is 0.379 e. The molecule has 6 nitrogen and oxygen atoms in total. The van der Waals surface area contributed by atoms with Gasteiger partial charge >= 0.3 is 0 Å². The quantitative estimate of drug-likeness (QED) is 0.400. The van der Waals surface area contributed by atoms with Crippen LogP contribution in [-0.2, 0) is 25.6 Å². The number of pyridine rings is 1. The maximum absolute atomic E-state index is 5.74. The Balaban J connectivity index is 1.06. The highest BCUT2D eigenvalue weighted by Gasteiger charge is 2.19. The second-order valence-electron chi connectivity index (χ2n) is 7.80. The minimum absolute atomic E-state index is 0.588. The molecule has 1 aromatic heterocycles. The molecule has 1 aliphatic rings. The SMILES string of the molecule is c1ccc(COCCOCCOCCOCCC2CCN(c3ccncc3)CC2)cc1. The number of benzene rings is 1. The number of piperidine rings is 1. The first-order chi connectivity index (χ1) is 15.4. The summed E-state index contributed by atoms with van der Waals surface area (Å²) in [5, 5.41) is 0. The van der Waals surface area contributed by atoms with E-state index in [-0.39, 0.29) is 0 Å². The van der Waals surface area contributed by atoms with Crippen molar-refractivity contribution in [1.29, 1.82) is 0 Å². The van der Waals surface area contributed by atoms with Crippen molar-refractivity contribution in [3.8, 4) is 0 Å². The molecular weight excluding hydrogens is 392 g/mol. The Kier molecular flexibility index (Phi) is 11.4. The average molecular weight is 429 g/mol. The molecular formula is C25H36N2O4. The third kappa shape index (κ3) is 9.78. The Morgan fingerprint density at radius 2 is 1.29 bits per heavy atom. The van der Waals surface area contributed by atoms with Gasteiger partial charge in [0.25, 0.3) is 0 Å². The number of nitrogens with zero attached hydrogens (tertiary/aromatic N) is 2. The van der Waals surface area contributed by atoms with Crippen LogP contribution in [0.4, 0.5) is 5.69 Å². The smallest absolute Gasteiger partial charge is 0.0718 e. The van der Waals surface area contributed by atoms with Gasteiger partial charge in [0.05, 0.1) is 46.2 Å². The van der Waals surface area contributed by atoms with Gasteiger partial charge in [-0.25, -0.2) is 0 Å². The number of ether oxygens (including phenoxy) is 4. The van der Waals surface area contributed by atoms with Crippen LogP contribution in [0.1, 0.15) is 24.8 Å². The summed E-state index contributed by atoms with van der Waals surface area (Å²) in [6.45, 7) is 7.32. The van der Waals surface area contributed by atoms with Gasteiger partial charge in [-0.15, -0.1) is 0 Å². The fraction of sp³-hybridized carbons (Fsp3) is 0.560. The molecule has 1 fully saturated rings. The van der Waals surface area contributed by atoms with E-state index in [0.29, 0.717) is 46.2 Å². The first kappa shape index (κ1) is 23.7. The third-order valence-electron chi connectivity index (χ3n) is 5.54. The summed E-state index contributed by atoms with van der Waals surface area (Å²) in [5.74, 6) is 0.761. The Labute approximate surface area is 186 Å². The Morgan fingerprint density at radius 3 is 1.94 bits per heavy atom. The predicted octanol–water partition coefficient (Wildman–Crippen LogP) is 3.95. The van der Waals surface area contributed by atoms with Gasteiger partial charge in [-0.3, -0.25) is 4.98 Å². The molecule has 1 saturated heterocycles. The zero-order valence-electron chi connectivity index (χ0n) is 18.5. The predicted molar refractivity (Wildman–Crippen MR) is 122 cm³/mol. The summed E-state index contributed by atoms with van der Waals surface area (Å²) in [6, 6.07) is 14.3. The minimum atomic E-state index is 0.588. The molecule has 31 heavy (non-hydrogen) atoms. The van der Waals surface area contributed by atoms with E-state index in [2.05, 4.69) is 34.1 Å². The fourth-order valence-electron chi connectivity index (χ4n) is 3.71. The highest BCUT2D eigenvalue weighted by Crippen LogP contribution is 2.24. The molecule has 0 radical (unpaired) electrons. The van der Waals surface area contributed by atoms with Gasteiger partial charge in [0.1, 0.15) is 0 Å². The first-order valence-corrected chi connectivity index (χ1v) is 11.4. The molecule has 6 heteroatoms. The van der Waals surface area contributed by atoms with Gasteiger partial charge in [-0.2, -0.15) is 0 Å². The van der Waals surface area contributed by atoms with E-state index in [1.807, 2.05) is 30.6 Å². The maximum Gasteiger partial charge on any atom is 0.0718 e. The van der Waals surface area contributed by atoms with Gasteiger partial charge in [-0.05, 0) is 42.9 Å². The summed E-state index contributed by atoms with van der Waals surface area (Å²) in [5.41, 5.74) is 2.46. The van der Waals surface area contributed by atoms with E-state index < -0.39 is 0 Å². The summed E-state index contributed by atoms with van der Waals surface area (Å²) >= 11 is 0. The van der Waals surface area contributed by atoms with Crippen LogP contribution in [0.25, 0.3) is 0 Å². The second-order valence-corrected chi connectivity index (χ2v) is 7.80. The number of anilines is 1. The van der Waals surface area contributed by atoms with E-state index in [1.165, 1.54) is 24.1 Å². The van der Waals surface area contributed by atoms with Crippen LogP contribution in [0, 0.1) is 5.92 Å². The zero-order chi connectivity index (χ0) is 21.4. The summed E-state index contributed by atoms with van der Waals surface area (Å²) in [7, 11) is 0. The van der Waals surface area contributed by atoms with Crippen LogP contribution < -0.4 is 4.90 Å². The van der Waals surface area contributed by atoms with Crippen LogP contribution in [0.5, 0.6) is 0 Å². The van der Waals surface area contributed by atoms with Crippen molar-refractivity contribution in [3.05, 3.63) is 60.4 Å². The van der Waals surface area contributed by atoms with Crippen molar-refractivity contribution < 1.29 is 18.9 Å². The van der Waals surface area contributed by atoms with Crippen molar-refractivity contribution in [2.45, 2.75) is 25.9 Å². The number of hydrogen-bond donors (Lipinski definition) is 0. The lowest BCUT2D eigenvalue weighted by atomic mass is 9.94. The molecule has 0 bridgehead atoms. The van der Waals surface area contributed by atoms with Crippen molar-refractivity contribution in [1.82, 2.24) is 4.98 Å². The van der Waals surface area contributed by atoms with Crippen molar-refractivity contribution in [3.63, 3.8) is 0 Å². The van der Waals surface area contributed by atoms with Gasteiger partial charge in [-0.1, -0.05) is 30.3 Å². The lowest BCUT2D eigenvalue weighted by Gasteiger charge is -2.33. The minimum Gasteiger partial charge on any atom is -0.379 e. The third-order valence-corrected chi connectivity index (χ3v) is 5.54. The van der Waals surface area contributed by atoms with Crippen LogP contribution in [-0.4, -0.2) is 64.3 Å².